The number of benzene rings is 2. The topological polar surface area (TPSA) is 73.0 Å². The number of halogens is 1. The molecule has 1 N–H and O–H groups in total. The van der Waals surface area contributed by atoms with Crippen molar-refractivity contribution in [3.63, 3.8) is 0 Å². The van der Waals surface area contributed by atoms with Crippen molar-refractivity contribution in [3.05, 3.63) is 64.3 Å². The van der Waals surface area contributed by atoms with Crippen molar-refractivity contribution in [1.82, 2.24) is 9.88 Å². The van der Waals surface area contributed by atoms with Crippen molar-refractivity contribution < 1.29 is 23.7 Å². The second-order valence-electron chi connectivity index (χ2n) is 12.1. The molecule has 3 aromatic rings. The van der Waals surface area contributed by atoms with E-state index in [0.717, 1.165) is 47.2 Å². The van der Waals surface area contributed by atoms with Gasteiger partial charge in [0.2, 0.25) is 0 Å². The maximum Gasteiger partial charge on any atom is 0.410 e. The second kappa shape index (κ2) is 10.3. The van der Waals surface area contributed by atoms with E-state index in [0.29, 0.717) is 43.9 Å². The van der Waals surface area contributed by atoms with Crippen LogP contribution in [0, 0.1) is 11.3 Å². The maximum atomic E-state index is 13.4. The Hall–Kier alpha value is -2.74. The molecule has 6 rings (SSSR count). The number of ether oxygens (including phenoxy) is 4. The minimum absolute atomic E-state index is 0.223. The Morgan fingerprint density at radius 2 is 1.85 bits per heavy atom. The number of rotatable bonds is 6. The number of carbonyl (C=O) groups excluding carboxylic acids is 1. The molecule has 208 valence electrons. The van der Waals surface area contributed by atoms with Gasteiger partial charge in [0, 0.05) is 33.6 Å². The highest BCUT2D eigenvalue weighted by Gasteiger charge is 2.38. The standard InChI is InChI=1S/C31H37ClN2O5/c1-30(2)38-18-31(3,19-39-30)17-37-23-10-7-21(8-11-23)28-27-24(25-15-22(32)9-12-26(25)33-27)13-14-34(28)29(35)36-16-20-5-4-6-20/h7-12,15,20,28,33H,4-6,13-14,16-19H2,1-3H3. The van der Waals surface area contributed by atoms with Crippen LogP contribution in [0.15, 0.2) is 42.5 Å². The van der Waals surface area contributed by atoms with Gasteiger partial charge in [-0.1, -0.05) is 37.1 Å². The monoisotopic (exact) mass is 552 g/mol. The number of amides is 1. The lowest BCUT2D eigenvalue weighted by molar-refractivity contribution is -0.285. The van der Waals surface area contributed by atoms with E-state index in [2.05, 4.69) is 11.9 Å². The molecule has 2 fully saturated rings. The van der Waals surface area contributed by atoms with Crippen LogP contribution < -0.4 is 4.74 Å². The number of H-pyrrole nitrogens is 1. The molecule has 0 bridgehead atoms. The van der Waals surface area contributed by atoms with Crippen molar-refractivity contribution in [2.75, 3.05) is 33.0 Å². The lowest BCUT2D eigenvalue weighted by Crippen LogP contribution is -2.47. The molecule has 1 unspecified atom stereocenters. The average molecular weight is 553 g/mol. The third-order valence-electron chi connectivity index (χ3n) is 8.31. The molecule has 1 aliphatic carbocycles. The quantitative estimate of drug-likeness (QED) is 0.361. The van der Waals surface area contributed by atoms with Crippen LogP contribution in [0.2, 0.25) is 5.02 Å². The zero-order chi connectivity index (χ0) is 27.2. The first-order chi connectivity index (χ1) is 18.7. The maximum absolute atomic E-state index is 13.4. The molecule has 1 saturated carbocycles. The number of hydrogen-bond donors (Lipinski definition) is 1. The van der Waals surface area contributed by atoms with Crippen molar-refractivity contribution in [2.45, 2.75) is 58.3 Å². The third-order valence-corrected chi connectivity index (χ3v) is 8.55. The summed E-state index contributed by atoms with van der Waals surface area (Å²) in [5, 5.41) is 1.81. The van der Waals surface area contributed by atoms with E-state index in [9.17, 15) is 4.79 Å². The summed E-state index contributed by atoms with van der Waals surface area (Å²) in [7, 11) is 0. The van der Waals surface area contributed by atoms with Crippen LogP contribution >= 0.6 is 11.6 Å². The van der Waals surface area contributed by atoms with Crippen molar-refractivity contribution in [1.29, 1.82) is 0 Å². The summed E-state index contributed by atoms with van der Waals surface area (Å²) in [6.45, 7) is 8.67. The second-order valence-corrected chi connectivity index (χ2v) is 12.5. The van der Waals surface area contributed by atoms with Gasteiger partial charge in [0.1, 0.15) is 11.8 Å². The van der Waals surface area contributed by atoms with E-state index in [1.54, 1.807) is 0 Å². The lowest BCUT2D eigenvalue weighted by Gasteiger charge is -2.41. The SMILES string of the molecule is CC1(COc2ccc(C3c4[nH]c5ccc(Cl)cc5c4CCN3C(=O)OCC3CCC3)cc2)COC(C)(C)OC1. The normalized spacial score (nSPS) is 22.3. The zero-order valence-corrected chi connectivity index (χ0v) is 23.7. The smallest absolute Gasteiger partial charge is 0.410 e. The number of fused-ring (bicyclic) bond motifs is 3. The number of aromatic nitrogens is 1. The summed E-state index contributed by atoms with van der Waals surface area (Å²) in [5.41, 5.74) is 4.01. The minimum atomic E-state index is -0.557. The van der Waals surface area contributed by atoms with Gasteiger partial charge in [0.25, 0.3) is 0 Å². The molecule has 2 aromatic carbocycles. The van der Waals surface area contributed by atoms with E-state index in [1.807, 2.05) is 61.2 Å². The molecule has 2 aliphatic heterocycles. The van der Waals surface area contributed by atoms with E-state index >= 15 is 0 Å². The number of nitrogens with zero attached hydrogens (tertiary/aromatic N) is 1. The Kier molecular flexibility index (Phi) is 7.02. The Bertz CT molecular complexity index is 1340. The highest BCUT2D eigenvalue weighted by atomic mass is 35.5. The van der Waals surface area contributed by atoms with Gasteiger partial charge in [0.15, 0.2) is 5.79 Å². The van der Waals surface area contributed by atoms with Crippen molar-refractivity contribution >= 4 is 28.6 Å². The van der Waals surface area contributed by atoms with Crippen LogP contribution in [0.3, 0.4) is 0 Å². The van der Waals surface area contributed by atoms with Gasteiger partial charge >= 0.3 is 6.09 Å². The number of aromatic amines is 1. The van der Waals surface area contributed by atoms with Gasteiger partial charge in [-0.15, -0.1) is 0 Å². The number of nitrogens with one attached hydrogen (secondary N) is 1. The van der Waals surface area contributed by atoms with Crippen LogP contribution in [-0.2, 0) is 20.6 Å². The molecular formula is C31H37ClN2O5. The summed E-state index contributed by atoms with van der Waals surface area (Å²) in [6, 6.07) is 13.6. The number of hydrogen-bond acceptors (Lipinski definition) is 5. The average Bonchev–Trinajstić information content (AvgIpc) is 3.26. The zero-order valence-electron chi connectivity index (χ0n) is 22.9. The lowest BCUT2D eigenvalue weighted by atomic mass is 9.86. The molecule has 7 nitrogen and oxygen atoms in total. The fourth-order valence-corrected chi connectivity index (χ4v) is 5.77. The summed E-state index contributed by atoms with van der Waals surface area (Å²) < 4.78 is 23.7. The summed E-state index contributed by atoms with van der Waals surface area (Å²) in [5.74, 6) is 0.703. The highest BCUT2D eigenvalue weighted by Crippen LogP contribution is 2.40. The molecule has 3 heterocycles. The van der Waals surface area contributed by atoms with Gasteiger partial charge in [-0.05, 0) is 80.5 Å². The summed E-state index contributed by atoms with van der Waals surface area (Å²) in [6.07, 6.45) is 3.98. The highest BCUT2D eigenvalue weighted by molar-refractivity contribution is 6.31. The molecule has 1 amide bonds. The van der Waals surface area contributed by atoms with Crippen molar-refractivity contribution in [2.24, 2.45) is 11.3 Å². The Balaban J connectivity index is 1.24. The molecule has 0 radical (unpaired) electrons. The van der Waals surface area contributed by atoms with E-state index in [4.69, 9.17) is 30.5 Å². The Morgan fingerprint density at radius 3 is 2.54 bits per heavy atom. The van der Waals surface area contributed by atoms with Crippen LogP contribution in [0.1, 0.15) is 62.9 Å². The summed E-state index contributed by atoms with van der Waals surface area (Å²) in [4.78, 5) is 18.8. The first-order valence-electron chi connectivity index (χ1n) is 13.9. The Morgan fingerprint density at radius 1 is 1.10 bits per heavy atom. The third kappa shape index (κ3) is 5.49. The first kappa shape index (κ1) is 26.5. The van der Waals surface area contributed by atoms with E-state index in [-0.39, 0.29) is 17.6 Å². The van der Waals surface area contributed by atoms with E-state index < -0.39 is 5.79 Å². The van der Waals surface area contributed by atoms with Crippen LogP contribution in [-0.4, -0.2) is 54.7 Å². The first-order valence-corrected chi connectivity index (χ1v) is 14.3. The molecular weight excluding hydrogens is 516 g/mol. The molecule has 39 heavy (non-hydrogen) atoms. The predicted molar refractivity (Wildman–Crippen MR) is 150 cm³/mol. The van der Waals surface area contributed by atoms with Gasteiger partial charge in [-0.2, -0.15) is 0 Å². The molecule has 1 saturated heterocycles. The van der Waals surface area contributed by atoms with Crippen molar-refractivity contribution in [3.8, 4) is 5.75 Å². The molecule has 0 spiro atoms. The van der Waals surface area contributed by atoms with Gasteiger partial charge in [0.05, 0.1) is 26.4 Å². The van der Waals surface area contributed by atoms with Gasteiger partial charge in [-0.3, -0.25) is 4.90 Å². The van der Waals surface area contributed by atoms with Crippen LogP contribution in [0.25, 0.3) is 10.9 Å². The minimum Gasteiger partial charge on any atom is -0.493 e. The number of carbonyl (C=O) groups is 1. The Labute approximate surface area is 234 Å². The predicted octanol–water partition coefficient (Wildman–Crippen LogP) is 6.87. The fourth-order valence-electron chi connectivity index (χ4n) is 5.60. The summed E-state index contributed by atoms with van der Waals surface area (Å²) >= 11 is 6.34. The molecule has 3 aliphatic rings. The fraction of sp³-hybridized carbons (Fsp3) is 0.516. The van der Waals surface area contributed by atoms with Crippen LogP contribution in [0.5, 0.6) is 5.75 Å². The largest absolute Gasteiger partial charge is 0.493 e. The molecule has 8 heteroatoms. The van der Waals surface area contributed by atoms with E-state index in [1.165, 1.54) is 12.0 Å². The van der Waals surface area contributed by atoms with Gasteiger partial charge in [-0.25, -0.2) is 4.79 Å². The molecule has 1 aromatic heterocycles. The van der Waals surface area contributed by atoms with Crippen LogP contribution in [0.4, 0.5) is 4.79 Å². The van der Waals surface area contributed by atoms with Gasteiger partial charge < -0.3 is 23.9 Å². The molecule has 1 atom stereocenters.